The maximum atomic E-state index is 11.9. The molecule has 0 aliphatic carbocycles. The van der Waals surface area contributed by atoms with Crippen LogP contribution in [0.25, 0.3) is 0 Å². The molecule has 0 saturated carbocycles. The highest BCUT2D eigenvalue weighted by Gasteiger charge is 2.16. The normalized spacial score (nSPS) is 11.8. The van der Waals surface area contributed by atoms with Crippen molar-refractivity contribution in [3.63, 3.8) is 0 Å². The van der Waals surface area contributed by atoms with Crippen LogP contribution < -0.4 is 15.5 Å². The Labute approximate surface area is 140 Å². The van der Waals surface area contributed by atoms with Crippen LogP contribution in [0.2, 0.25) is 0 Å². The first-order valence-electron chi connectivity index (χ1n) is 7.43. The van der Waals surface area contributed by atoms with Gasteiger partial charge in [0, 0.05) is 0 Å². The highest BCUT2D eigenvalue weighted by atomic mass is 16.5. The standard InChI is InChI=1S/C18H19N3O3/c1-13(15-8-4-3-5-9-15)20-17(22)18(23)21-19-12-14-7-6-10-16(11-14)24-2/h3-13H,1-2H3,(H,20,22)(H,21,23)/b19-12-/t13-/m0/s1. The van der Waals surface area contributed by atoms with Crippen molar-refractivity contribution in [2.45, 2.75) is 13.0 Å². The molecule has 2 amide bonds. The van der Waals surface area contributed by atoms with Crippen LogP contribution in [0.1, 0.15) is 24.1 Å². The number of hydrogen-bond acceptors (Lipinski definition) is 4. The van der Waals surface area contributed by atoms with Crippen LogP contribution in [-0.2, 0) is 9.59 Å². The van der Waals surface area contributed by atoms with Gasteiger partial charge in [-0.25, -0.2) is 5.43 Å². The molecule has 124 valence electrons. The molecule has 0 fully saturated rings. The Hall–Kier alpha value is -3.15. The Morgan fingerprint density at radius 3 is 2.54 bits per heavy atom. The molecule has 0 radical (unpaired) electrons. The molecule has 0 spiro atoms. The van der Waals surface area contributed by atoms with E-state index in [-0.39, 0.29) is 6.04 Å². The van der Waals surface area contributed by atoms with E-state index in [1.54, 1.807) is 38.3 Å². The summed E-state index contributed by atoms with van der Waals surface area (Å²) in [5.41, 5.74) is 3.86. The van der Waals surface area contributed by atoms with Crippen LogP contribution in [-0.4, -0.2) is 25.1 Å². The summed E-state index contributed by atoms with van der Waals surface area (Å²) >= 11 is 0. The number of nitrogens with one attached hydrogen (secondary N) is 2. The van der Waals surface area contributed by atoms with Crippen LogP contribution >= 0.6 is 0 Å². The van der Waals surface area contributed by atoms with E-state index in [1.165, 1.54) is 6.21 Å². The van der Waals surface area contributed by atoms with Crippen LogP contribution in [0, 0.1) is 0 Å². The van der Waals surface area contributed by atoms with Crippen molar-refractivity contribution in [1.29, 1.82) is 0 Å². The molecule has 2 N–H and O–H groups in total. The highest BCUT2D eigenvalue weighted by molar-refractivity contribution is 6.35. The van der Waals surface area contributed by atoms with Crippen molar-refractivity contribution in [2.24, 2.45) is 5.10 Å². The molecule has 0 aromatic heterocycles. The first kappa shape index (κ1) is 17.2. The third kappa shape index (κ3) is 4.95. The second kappa shape index (κ2) is 8.47. The van der Waals surface area contributed by atoms with Gasteiger partial charge < -0.3 is 10.1 Å². The van der Waals surface area contributed by atoms with E-state index in [4.69, 9.17) is 4.74 Å². The predicted octanol–water partition coefficient (Wildman–Crippen LogP) is 2.02. The van der Waals surface area contributed by atoms with E-state index in [9.17, 15) is 9.59 Å². The van der Waals surface area contributed by atoms with Crippen LogP contribution in [0.15, 0.2) is 59.7 Å². The summed E-state index contributed by atoms with van der Waals surface area (Å²) in [4.78, 5) is 23.6. The van der Waals surface area contributed by atoms with Gasteiger partial charge in [-0.05, 0) is 30.2 Å². The van der Waals surface area contributed by atoms with Gasteiger partial charge in [-0.1, -0.05) is 42.5 Å². The third-order valence-electron chi connectivity index (χ3n) is 3.33. The number of ether oxygens (including phenoxy) is 1. The van der Waals surface area contributed by atoms with Crippen molar-refractivity contribution in [3.8, 4) is 5.75 Å². The second-order valence-corrected chi connectivity index (χ2v) is 5.08. The lowest BCUT2D eigenvalue weighted by molar-refractivity contribution is -0.139. The number of nitrogens with zero attached hydrogens (tertiary/aromatic N) is 1. The molecular formula is C18H19N3O3. The molecule has 2 aromatic rings. The number of carbonyl (C=O) groups is 2. The summed E-state index contributed by atoms with van der Waals surface area (Å²) < 4.78 is 5.09. The molecule has 0 bridgehead atoms. The summed E-state index contributed by atoms with van der Waals surface area (Å²) in [7, 11) is 1.57. The van der Waals surface area contributed by atoms with Crippen molar-refractivity contribution < 1.29 is 14.3 Å². The largest absolute Gasteiger partial charge is 0.497 e. The topological polar surface area (TPSA) is 79.8 Å². The van der Waals surface area contributed by atoms with Crippen molar-refractivity contribution in [2.75, 3.05) is 7.11 Å². The number of benzene rings is 2. The van der Waals surface area contributed by atoms with Gasteiger partial charge in [0.05, 0.1) is 19.4 Å². The number of rotatable bonds is 5. The molecular weight excluding hydrogens is 306 g/mol. The molecule has 24 heavy (non-hydrogen) atoms. The SMILES string of the molecule is COc1cccc(/C=N\NC(=O)C(=O)N[C@@H](C)c2ccccc2)c1. The monoisotopic (exact) mass is 325 g/mol. The van der Waals surface area contributed by atoms with E-state index in [1.807, 2.05) is 30.3 Å². The lowest BCUT2D eigenvalue weighted by Gasteiger charge is -2.13. The maximum Gasteiger partial charge on any atom is 0.329 e. The van der Waals surface area contributed by atoms with E-state index < -0.39 is 11.8 Å². The number of hydrogen-bond donors (Lipinski definition) is 2. The fourth-order valence-electron chi connectivity index (χ4n) is 2.03. The zero-order valence-corrected chi connectivity index (χ0v) is 13.5. The van der Waals surface area contributed by atoms with E-state index in [0.717, 1.165) is 11.1 Å². The molecule has 2 aromatic carbocycles. The zero-order chi connectivity index (χ0) is 17.4. The van der Waals surface area contributed by atoms with Gasteiger partial charge in [-0.2, -0.15) is 5.10 Å². The predicted molar refractivity (Wildman–Crippen MR) is 91.7 cm³/mol. The lowest BCUT2D eigenvalue weighted by Crippen LogP contribution is -2.39. The molecule has 1 atom stereocenters. The summed E-state index contributed by atoms with van der Waals surface area (Å²) in [6.45, 7) is 1.81. The average Bonchev–Trinajstić information content (AvgIpc) is 2.62. The Bertz CT molecular complexity index is 729. The fraction of sp³-hybridized carbons (Fsp3) is 0.167. The maximum absolute atomic E-state index is 11.9. The van der Waals surface area contributed by atoms with Gasteiger partial charge in [0.2, 0.25) is 0 Å². The molecule has 6 nitrogen and oxygen atoms in total. The van der Waals surface area contributed by atoms with E-state index >= 15 is 0 Å². The molecule has 0 heterocycles. The summed E-state index contributed by atoms with van der Waals surface area (Å²) in [6, 6.07) is 16.3. The molecule has 0 unspecified atom stereocenters. The van der Waals surface area contributed by atoms with E-state index in [0.29, 0.717) is 5.75 Å². The van der Waals surface area contributed by atoms with Gasteiger partial charge in [0.1, 0.15) is 5.75 Å². The Morgan fingerprint density at radius 2 is 1.83 bits per heavy atom. The average molecular weight is 325 g/mol. The fourth-order valence-corrected chi connectivity index (χ4v) is 2.03. The number of amides is 2. The molecule has 0 aliphatic heterocycles. The lowest BCUT2D eigenvalue weighted by atomic mass is 10.1. The van der Waals surface area contributed by atoms with Gasteiger partial charge >= 0.3 is 11.8 Å². The minimum atomic E-state index is -0.822. The summed E-state index contributed by atoms with van der Waals surface area (Å²) in [5.74, 6) is -0.884. The Balaban J connectivity index is 1.87. The zero-order valence-electron chi connectivity index (χ0n) is 13.5. The quantitative estimate of drug-likeness (QED) is 0.501. The Kier molecular flexibility index (Phi) is 6.08. The number of methoxy groups -OCH3 is 1. The minimum absolute atomic E-state index is 0.271. The molecule has 2 rings (SSSR count). The van der Waals surface area contributed by atoms with Crippen LogP contribution in [0.3, 0.4) is 0 Å². The molecule has 6 heteroatoms. The first-order chi connectivity index (χ1) is 11.6. The van der Waals surface area contributed by atoms with Gasteiger partial charge in [-0.3, -0.25) is 9.59 Å². The van der Waals surface area contributed by atoms with Gasteiger partial charge in [0.15, 0.2) is 0 Å². The van der Waals surface area contributed by atoms with Crippen molar-refractivity contribution >= 4 is 18.0 Å². The van der Waals surface area contributed by atoms with Crippen LogP contribution in [0.4, 0.5) is 0 Å². The number of carbonyl (C=O) groups excluding carboxylic acids is 2. The van der Waals surface area contributed by atoms with Gasteiger partial charge in [-0.15, -0.1) is 0 Å². The Morgan fingerprint density at radius 1 is 1.08 bits per heavy atom. The second-order valence-electron chi connectivity index (χ2n) is 5.08. The minimum Gasteiger partial charge on any atom is -0.497 e. The highest BCUT2D eigenvalue weighted by Crippen LogP contribution is 2.11. The summed E-state index contributed by atoms with van der Waals surface area (Å²) in [5, 5.41) is 6.40. The molecule has 0 saturated heterocycles. The molecule has 0 aliphatic rings. The van der Waals surface area contributed by atoms with E-state index in [2.05, 4.69) is 15.8 Å². The van der Waals surface area contributed by atoms with Crippen molar-refractivity contribution in [1.82, 2.24) is 10.7 Å². The smallest absolute Gasteiger partial charge is 0.329 e. The first-order valence-corrected chi connectivity index (χ1v) is 7.43. The third-order valence-corrected chi connectivity index (χ3v) is 3.33. The number of hydrazone groups is 1. The van der Waals surface area contributed by atoms with Crippen LogP contribution in [0.5, 0.6) is 5.75 Å². The van der Waals surface area contributed by atoms with Gasteiger partial charge in [0.25, 0.3) is 0 Å². The van der Waals surface area contributed by atoms with Crippen molar-refractivity contribution in [3.05, 3.63) is 65.7 Å². The summed E-state index contributed by atoms with van der Waals surface area (Å²) in [6.07, 6.45) is 1.44.